The third-order valence-electron chi connectivity index (χ3n) is 4.41. The summed E-state index contributed by atoms with van der Waals surface area (Å²) in [4.78, 5) is 31.7. The number of hydrogen-bond donors (Lipinski definition) is 2. The first-order chi connectivity index (χ1) is 16.3. The zero-order chi connectivity index (χ0) is 26.1. The van der Waals surface area contributed by atoms with Gasteiger partial charge in [-0.15, -0.1) is 0 Å². The van der Waals surface area contributed by atoms with Crippen LogP contribution in [0.4, 0.5) is 5.69 Å². The number of nitrogens with one attached hydrogen (secondary N) is 1. The van der Waals surface area contributed by atoms with Crippen molar-refractivity contribution >= 4 is 30.1 Å². The van der Waals surface area contributed by atoms with Gasteiger partial charge in [-0.1, -0.05) is 45.4 Å². The number of hydrazine groups is 1. The van der Waals surface area contributed by atoms with Crippen LogP contribution >= 0.6 is 0 Å². The zero-order valence-electron chi connectivity index (χ0n) is 21.9. The van der Waals surface area contributed by atoms with E-state index < -0.39 is 0 Å². The van der Waals surface area contributed by atoms with E-state index in [9.17, 15) is 9.59 Å². The van der Waals surface area contributed by atoms with Crippen molar-refractivity contribution in [3.05, 3.63) is 52.9 Å². The monoisotopic (exact) mass is 471 g/mol. The molecule has 0 spiro atoms. The average molecular weight is 472 g/mol. The molecule has 3 N–H and O–H groups in total. The molecule has 188 valence electrons. The summed E-state index contributed by atoms with van der Waals surface area (Å²) < 4.78 is 5.00. The van der Waals surface area contributed by atoms with Crippen molar-refractivity contribution in [3.63, 3.8) is 0 Å². The Kier molecular flexibility index (Phi) is 15.6. The van der Waals surface area contributed by atoms with Crippen molar-refractivity contribution in [3.8, 4) is 0 Å². The summed E-state index contributed by atoms with van der Waals surface area (Å²) in [6.07, 6.45) is 8.08. The largest absolute Gasteiger partial charge is 0.463 e. The second kappa shape index (κ2) is 17.2. The van der Waals surface area contributed by atoms with Crippen LogP contribution in [0.2, 0.25) is 0 Å². The molecule has 0 bridgehead atoms. The van der Waals surface area contributed by atoms with Crippen LogP contribution in [0.15, 0.2) is 51.7 Å². The van der Waals surface area contributed by atoms with Gasteiger partial charge in [0.05, 0.1) is 17.9 Å². The number of aryl methyl sites for hydroxylation is 1. The molecule has 0 radical (unpaired) electrons. The molecule has 0 saturated carbocycles. The molecule has 1 atom stereocenters. The van der Waals surface area contributed by atoms with Crippen LogP contribution in [-0.4, -0.2) is 42.1 Å². The molecule has 34 heavy (non-hydrogen) atoms. The number of aldehydes is 1. The van der Waals surface area contributed by atoms with Gasteiger partial charge in [0.15, 0.2) is 5.84 Å². The number of nitrogens with zero attached hydrogens (tertiary/aromatic N) is 3. The molecule has 0 saturated heterocycles. The summed E-state index contributed by atoms with van der Waals surface area (Å²) in [7, 11) is 0. The minimum atomic E-state index is -0.389. The molecule has 8 heteroatoms. The van der Waals surface area contributed by atoms with Crippen molar-refractivity contribution in [2.75, 3.05) is 6.61 Å². The fourth-order valence-electron chi connectivity index (χ4n) is 2.74. The molecule has 1 unspecified atom stereocenters. The predicted octanol–water partition coefficient (Wildman–Crippen LogP) is 5.22. The van der Waals surface area contributed by atoms with Crippen molar-refractivity contribution in [1.82, 2.24) is 10.4 Å². The van der Waals surface area contributed by atoms with Crippen molar-refractivity contribution < 1.29 is 14.3 Å². The maximum absolute atomic E-state index is 11.8. The second-order valence-corrected chi connectivity index (χ2v) is 7.33. The van der Waals surface area contributed by atoms with Crippen LogP contribution in [0.3, 0.4) is 0 Å². The van der Waals surface area contributed by atoms with Crippen LogP contribution in [0.5, 0.6) is 0 Å². The Morgan fingerprint density at radius 1 is 1.32 bits per heavy atom. The third kappa shape index (κ3) is 10.6. The van der Waals surface area contributed by atoms with E-state index in [0.717, 1.165) is 18.3 Å². The number of benzene rings is 1. The fraction of sp³-hybridized carbons (Fsp3) is 0.462. The summed E-state index contributed by atoms with van der Waals surface area (Å²) >= 11 is 0. The topological polar surface area (TPSA) is 109 Å². The van der Waals surface area contributed by atoms with Crippen molar-refractivity contribution in [2.24, 2.45) is 15.7 Å². The quantitative estimate of drug-likeness (QED) is 0.321. The van der Waals surface area contributed by atoms with E-state index in [-0.39, 0.29) is 5.97 Å². The normalized spacial score (nSPS) is 16.0. The van der Waals surface area contributed by atoms with E-state index in [2.05, 4.69) is 22.3 Å². The van der Waals surface area contributed by atoms with E-state index in [1.165, 1.54) is 12.8 Å². The summed E-state index contributed by atoms with van der Waals surface area (Å²) in [5.41, 5.74) is 11.6. The molecule has 0 aliphatic carbocycles. The van der Waals surface area contributed by atoms with Gasteiger partial charge in [-0.3, -0.25) is 15.2 Å². The smallest absolute Gasteiger partial charge is 0.335 e. The number of esters is 1. The van der Waals surface area contributed by atoms with Gasteiger partial charge < -0.3 is 10.5 Å². The number of carbonyl (C=O) groups excluding carboxylic acids is 2. The number of aliphatic imine (C=N–C) groups is 2. The first kappa shape index (κ1) is 30.7. The predicted molar refractivity (Wildman–Crippen MR) is 141 cm³/mol. The van der Waals surface area contributed by atoms with E-state index in [1.807, 2.05) is 46.8 Å². The highest BCUT2D eigenvalue weighted by molar-refractivity contribution is 6.05. The van der Waals surface area contributed by atoms with E-state index in [1.54, 1.807) is 37.2 Å². The Labute approximate surface area is 204 Å². The standard InChI is InChI=1S/C19H22N4O3.C5H13N.C2H6/c1-5-17-18(22-16-9-15(11-24)8-7-13(16)3)20-12-21-23(17)10-14(4)19(25)26-6-2;1-3-4-5(2)6;1-2/h5,7-12H,6H2,1-4H3,(H,20,21,22);5H,3-4,6H2,1-2H3;1-2H3/b14-10+,17-5+;;. The maximum Gasteiger partial charge on any atom is 0.335 e. The van der Waals surface area contributed by atoms with Gasteiger partial charge in [-0.05, 0) is 52.7 Å². The molecular formula is C26H41N5O3. The SMILES string of the molecule is C/C=C1\C(=Nc2cc(C=O)ccc2C)N=CNN1/C=C(\C)C(=O)OCC.CC.CCCC(C)N. The minimum absolute atomic E-state index is 0.314. The van der Waals surface area contributed by atoms with Gasteiger partial charge >= 0.3 is 5.97 Å². The number of carbonyl (C=O) groups is 2. The highest BCUT2D eigenvalue weighted by Crippen LogP contribution is 2.23. The maximum atomic E-state index is 11.8. The zero-order valence-corrected chi connectivity index (χ0v) is 21.9. The summed E-state index contributed by atoms with van der Waals surface area (Å²) in [5.74, 6) is 0.0746. The van der Waals surface area contributed by atoms with Crippen LogP contribution < -0.4 is 11.2 Å². The van der Waals surface area contributed by atoms with Gasteiger partial charge in [0.25, 0.3) is 0 Å². The minimum Gasteiger partial charge on any atom is -0.463 e. The number of amidine groups is 1. The van der Waals surface area contributed by atoms with Crippen LogP contribution in [0.25, 0.3) is 0 Å². The highest BCUT2D eigenvalue weighted by atomic mass is 16.5. The molecular weight excluding hydrogens is 430 g/mol. The lowest BCUT2D eigenvalue weighted by atomic mass is 10.1. The Balaban J connectivity index is 0.00000118. The molecule has 1 aliphatic heterocycles. The first-order valence-corrected chi connectivity index (χ1v) is 11.8. The lowest BCUT2D eigenvalue weighted by Gasteiger charge is -2.26. The lowest BCUT2D eigenvalue weighted by Crippen LogP contribution is -2.39. The van der Waals surface area contributed by atoms with Crippen molar-refractivity contribution in [2.45, 2.75) is 74.3 Å². The molecule has 8 nitrogen and oxygen atoms in total. The Hall–Kier alpha value is -3.26. The van der Waals surface area contributed by atoms with E-state index >= 15 is 0 Å². The van der Waals surface area contributed by atoms with Gasteiger partial charge in [0, 0.05) is 17.8 Å². The fourth-order valence-corrected chi connectivity index (χ4v) is 2.74. The molecule has 0 fully saturated rings. The number of ether oxygens (including phenoxy) is 1. The van der Waals surface area contributed by atoms with Crippen LogP contribution in [0.1, 0.15) is 77.2 Å². The molecule has 1 aromatic carbocycles. The summed E-state index contributed by atoms with van der Waals surface area (Å²) in [6, 6.07) is 5.69. The molecule has 2 rings (SSSR count). The Bertz CT molecular complexity index is 902. The molecule has 0 amide bonds. The first-order valence-electron chi connectivity index (χ1n) is 11.8. The molecule has 1 aromatic rings. The molecule has 0 aromatic heterocycles. The number of hydrogen-bond acceptors (Lipinski definition) is 7. The van der Waals surface area contributed by atoms with E-state index in [0.29, 0.717) is 41.0 Å². The summed E-state index contributed by atoms with van der Waals surface area (Å²) in [5, 5.41) is 1.65. The average Bonchev–Trinajstić information content (AvgIpc) is 2.82. The lowest BCUT2D eigenvalue weighted by molar-refractivity contribution is -0.138. The number of rotatable bonds is 7. The van der Waals surface area contributed by atoms with E-state index in [4.69, 9.17) is 10.5 Å². The summed E-state index contributed by atoms with van der Waals surface area (Å²) in [6.45, 7) is 15.7. The van der Waals surface area contributed by atoms with Crippen LogP contribution in [-0.2, 0) is 9.53 Å². The van der Waals surface area contributed by atoms with Gasteiger partial charge in [-0.2, -0.15) is 0 Å². The number of nitrogens with two attached hydrogens (primary N) is 1. The highest BCUT2D eigenvalue weighted by Gasteiger charge is 2.18. The Morgan fingerprint density at radius 2 is 2.00 bits per heavy atom. The van der Waals surface area contributed by atoms with Crippen molar-refractivity contribution in [1.29, 1.82) is 0 Å². The Morgan fingerprint density at radius 3 is 2.50 bits per heavy atom. The third-order valence-corrected chi connectivity index (χ3v) is 4.41. The van der Waals surface area contributed by atoms with Gasteiger partial charge in [0.2, 0.25) is 0 Å². The second-order valence-electron chi connectivity index (χ2n) is 7.33. The molecule has 1 heterocycles. The number of allylic oxidation sites excluding steroid dienone is 1. The van der Waals surface area contributed by atoms with Gasteiger partial charge in [0.1, 0.15) is 18.3 Å². The molecule has 1 aliphatic rings. The van der Waals surface area contributed by atoms with Gasteiger partial charge in [-0.25, -0.2) is 14.8 Å². The van der Waals surface area contributed by atoms with Crippen LogP contribution in [0, 0.1) is 6.92 Å².